The summed E-state index contributed by atoms with van der Waals surface area (Å²) in [5.41, 5.74) is 1.73. The van der Waals surface area contributed by atoms with Gasteiger partial charge in [-0.25, -0.2) is 0 Å². The van der Waals surface area contributed by atoms with Crippen molar-refractivity contribution < 1.29 is 14.6 Å². The van der Waals surface area contributed by atoms with Crippen molar-refractivity contribution in [2.45, 2.75) is 20.0 Å². The van der Waals surface area contributed by atoms with E-state index in [1.54, 1.807) is 7.05 Å². The lowest BCUT2D eigenvalue weighted by Crippen LogP contribution is -2.36. The molecule has 0 bridgehead atoms. The van der Waals surface area contributed by atoms with E-state index in [1.165, 1.54) is 12.0 Å². The highest BCUT2D eigenvalue weighted by Crippen LogP contribution is 2.15. The fraction of sp³-hybridized carbons (Fsp3) is 0.562. The minimum atomic E-state index is -0.668. The molecular formula is C16H26N2O3. The quantitative estimate of drug-likeness (QED) is 0.791. The minimum Gasteiger partial charge on any atom is -0.389 e. The summed E-state index contributed by atoms with van der Waals surface area (Å²) >= 11 is 0. The fourth-order valence-electron chi connectivity index (χ4n) is 2.27. The number of rotatable bonds is 8. The maximum absolute atomic E-state index is 12.3. The van der Waals surface area contributed by atoms with E-state index >= 15 is 0 Å². The zero-order chi connectivity index (χ0) is 15.8. The number of likely N-dealkylation sites (N-methyl/N-ethyl adjacent to an activating group) is 1. The van der Waals surface area contributed by atoms with Crippen LogP contribution in [0.5, 0.6) is 0 Å². The van der Waals surface area contributed by atoms with Gasteiger partial charge in [0.05, 0.1) is 12.7 Å². The van der Waals surface area contributed by atoms with E-state index in [4.69, 9.17) is 4.74 Å². The van der Waals surface area contributed by atoms with Gasteiger partial charge in [0.15, 0.2) is 0 Å². The molecule has 0 aromatic heterocycles. The van der Waals surface area contributed by atoms with E-state index in [0.29, 0.717) is 5.56 Å². The van der Waals surface area contributed by atoms with Crippen LogP contribution in [0.4, 0.5) is 5.69 Å². The topological polar surface area (TPSA) is 53.0 Å². The number of amides is 1. The highest BCUT2D eigenvalue weighted by molar-refractivity contribution is 5.94. The van der Waals surface area contributed by atoms with E-state index in [0.717, 1.165) is 18.8 Å². The van der Waals surface area contributed by atoms with Crippen molar-refractivity contribution in [2.24, 2.45) is 0 Å². The Bertz CT molecular complexity index is 430. The van der Waals surface area contributed by atoms with E-state index in [2.05, 4.69) is 18.7 Å². The van der Waals surface area contributed by atoms with E-state index in [9.17, 15) is 9.90 Å². The van der Waals surface area contributed by atoms with Gasteiger partial charge >= 0.3 is 0 Å². The van der Waals surface area contributed by atoms with Crippen LogP contribution in [0.25, 0.3) is 0 Å². The first kappa shape index (κ1) is 17.5. The molecule has 0 spiro atoms. The number of hydrogen-bond acceptors (Lipinski definition) is 4. The number of carbonyl (C=O) groups is 1. The molecule has 1 amide bonds. The summed E-state index contributed by atoms with van der Waals surface area (Å²) in [6, 6.07) is 7.57. The van der Waals surface area contributed by atoms with Gasteiger partial charge in [0.1, 0.15) is 0 Å². The van der Waals surface area contributed by atoms with Crippen LogP contribution in [0.2, 0.25) is 0 Å². The number of aliphatic hydroxyl groups is 1. The van der Waals surface area contributed by atoms with Gasteiger partial charge in [-0.1, -0.05) is 0 Å². The van der Waals surface area contributed by atoms with Crippen molar-refractivity contribution in [2.75, 3.05) is 45.3 Å². The fourth-order valence-corrected chi connectivity index (χ4v) is 2.27. The van der Waals surface area contributed by atoms with Crippen LogP contribution in [0.3, 0.4) is 0 Å². The van der Waals surface area contributed by atoms with Crippen molar-refractivity contribution in [3.05, 3.63) is 29.8 Å². The molecule has 5 nitrogen and oxygen atoms in total. The first-order valence-electron chi connectivity index (χ1n) is 7.30. The Balaban J connectivity index is 2.70. The monoisotopic (exact) mass is 294 g/mol. The highest BCUT2D eigenvalue weighted by atomic mass is 16.5. The maximum atomic E-state index is 12.3. The van der Waals surface area contributed by atoms with Gasteiger partial charge in [0.2, 0.25) is 0 Å². The van der Waals surface area contributed by atoms with Gasteiger partial charge in [0.25, 0.3) is 5.91 Å². The molecule has 0 saturated heterocycles. The smallest absolute Gasteiger partial charge is 0.253 e. The Morgan fingerprint density at radius 1 is 1.24 bits per heavy atom. The molecule has 21 heavy (non-hydrogen) atoms. The summed E-state index contributed by atoms with van der Waals surface area (Å²) in [4.78, 5) is 16.0. The number of aliphatic hydroxyl groups excluding tert-OH is 1. The van der Waals surface area contributed by atoms with E-state index in [-0.39, 0.29) is 19.1 Å². The normalized spacial score (nSPS) is 12.0. The second kappa shape index (κ2) is 8.64. The molecule has 0 aliphatic rings. The summed E-state index contributed by atoms with van der Waals surface area (Å²) < 4.78 is 4.86. The van der Waals surface area contributed by atoms with Crippen LogP contribution >= 0.6 is 0 Å². The Hall–Kier alpha value is -1.59. The van der Waals surface area contributed by atoms with Gasteiger partial charge in [-0.2, -0.15) is 0 Å². The van der Waals surface area contributed by atoms with Gasteiger partial charge in [-0.15, -0.1) is 0 Å². The number of hydrogen-bond donors (Lipinski definition) is 1. The molecule has 118 valence electrons. The van der Waals surface area contributed by atoms with Crippen molar-refractivity contribution >= 4 is 11.6 Å². The third-order valence-electron chi connectivity index (χ3n) is 3.43. The molecule has 1 atom stereocenters. The number of methoxy groups -OCH3 is 1. The van der Waals surface area contributed by atoms with Crippen LogP contribution < -0.4 is 4.90 Å². The molecule has 0 aliphatic heterocycles. The summed E-state index contributed by atoms with van der Waals surface area (Å²) in [5, 5.41) is 9.67. The average Bonchev–Trinajstić information content (AvgIpc) is 2.48. The Morgan fingerprint density at radius 2 is 1.81 bits per heavy atom. The van der Waals surface area contributed by atoms with E-state index < -0.39 is 6.10 Å². The van der Waals surface area contributed by atoms with Crippen molar-refractivity contribution in [1.29, 1.82) is 0 Å². The van der Waals surface area contributed by atoms with Crippen molar-refractivity contribution in [3.8, 4) is 0 Å². The molecule has 0 saturated carbocycles. The van der Waals surface area contributed by atoms with Crippen molar-refractivity contribution in [3.63, 3.8) is 0 Å². The zero-order valence-electron chi connectivity index (χ0n) is 13.4. The molecule has 1 N–H and O–H groups in total. The predicted molar refractivity (Wildman–Crippen MR) is 84.8 cm³/mol. The Labute approximate surface area is 127 Å². The Kier molecular flexibility index (Phi) is 7.19. The summed E-state index contributed by atoms with van der Waals surface area (Å²) in [6.45, 7) is 6.56. The Morgan fingerprint density at radius 3 is 2.29 bits per heavy atom. The highest BCUT2D eigenvalue weighted by Gasteiger charge is 2.15. The molecular weight excluding hydrogens is 268 g/mol. The van der Waals surface area contributed by atoms with Crippen molar-refractivity contribution in [1.82, 2.24) is 4.90 Å². The summed E-state index contributed by atoms with van der Waals surface area (Å²) in [7, 11) is 3.20. The van der Waals surface area contributed by atoms with Crippen LogP contribution in [0, 0.1) is 0 Å². The summed E-state index contributed by atoms with van der Waals surface area (Å²) in [5.74, 6) is -0.101. The van der Waals surface area contributed by atoms with Gasteiger partial charge in [-0.3, -0.25) is 4.79 Å². The third kappa shape index (κ3) is 5.02. The zero-order valence-corrected chi connectivity index (χ0v) is 13.4. The molecule has 1 aromatic rings. The number of nitrogens with zero attached hydrogens (tertiary/aromatic N) is 2. The molecule has 0 heterocycles. The number of benzene rings is 1. The number of anilines is 1. The average molecular weight is 294 g/mol. The van der Waals surface area contributed by atoms with Crippen LogP contribution in [0.1, 0.15) is 24.2 Å². The lowest BCUT2D eigenvalue weighted by atomic mass is 10.1. The lowest BCUT2D eigenvalue weighted by molar-refractivity contribution is 0.0380. The maximum Gasteiger partial charge on any atom is 0.253 e. The summed E-state index contributed by atoms with van der Waals surface area (Å²) in [6.07, 6.45) is -0.668. The minimum absolute atomic E-state index is 0.101. The molecule has 1 aromatic carbocycles. The van der Waals surface area contributed by atoms with Gasteiger partial charge < -0.3 is 19.6 Å². The van der Waals surface area contributed by atoms with Crippen LogP contribution in [-0.4, -0.2) is 62.4 Å². The second-order valence-corrected chi connectivity index (χ2v) is 5.01. The number of ether oxygens (including phenoxy) is 1. The standard InChI is InChI=1S/C16H26N2O3/c1-5-18(6-2)14-9-7-13(8-10-14)16(20)17(3)11-15(19)12-21-4/h7-10,15,19H,5-6,11-12H2,1-4H3. The molecule has 0 radical (unpaired) electrons. The number of carbonyl (C=O) groups excluding carboxylic acids is 1. The van der Waals surface area contributed by atoms with Crippen LogP contribution in [0.15, 0.2) is 24.3 Å². The SMILES string of the molecule is CCN(CC)c1ccc(C(=O)N(C)CC(O)COC)cc1. The molecule has 1 unspecified atom stereocenters. The first-order chi connectivity index (χ1) is 10.0. The lowest BCUT2D eigenvalue weighted by Gasteiger charge is -2.22. The van der Waals surface area contributed by atoms with E-state index in [1.807, 2.05) is 24.3 Å². The predicted octanol–water partition coefficient (Wildman–Crippen LogP) is 1.61. The first-order valence-corrected chi connectivity index (χ1v) is 7.30. The van der Waals surface area contributed by atoms with Crippen LogP contribution in [-0.2, 0) is 4.74 Å². The third-order valence-corrected chi connectivity index (χ3v) is 3.43. The van der Waals surface area contributed by atoms with Gasteiger partial charge in [-0.05, 0) is 38.1 Å². The molecule has 0 aliphatic carbocycles. The second-order valence-electron chi connectivity index (χ2n) is 5.01. The molecule has 5 heteroatoms. The largest absolute Gasteiger partial charge is 0.389 e. The molecule has 1 rings (SSSR count). The van der Waals surface area contributed by atoms with Gasteiger partial charge in [0, 0.05) is 45.0 Å². The molecule has 0 fully saturated rings.